The Morgan fingerprint density at radius 2 is 1.62 bits per heavy atom. The second-order valence-electron chi connectivity index (χ2n) is 7.34. The molecule has 0 aliphatic heterocycles. The van der Waals surface area contributed by atoms with E-state index in [1.54, 1.807) is 6.20 Å². The van der Waals surface area contributed by atoms with Gasteiger partial charge in [-0.1, -0.05) is 5.21 Å². The third-order valence-electron chi connectivity index (χ3n) is 4.60. The van der Waals surface area contributed by atoms with Crippen molar-refractivity contribution in [3.8, 4) is 0 Å². The van der Waals surface area contributed by atoms with Gasteiger partial charge in [-0.3, -0.25) is 9.59 Å². The van der Waals surface area contributed by atoms with Crippen LogP contribution in [0.25, 0.3) is 0 Å². The number of alkyl halides is 1. The van der Waals surface area contributed by atoms with Crippen molar-refractivity contribution in [3.63, 3.8) is 0 Å². The molecule has 0 fully saturated rings. The van der Waals surface area contributed by atoms with Crippen molar-refractivity contribution in [1.29, 1.82) is 0 Å². The van der Waals surface area contributed by atoms with Crippen molar-refractivity contribution in [3.05, 3.63) is 11.9 Å². The first-order valence-corrected chi connectivity index (χ1v) is 10.6. The second-order valence-corrected chi connectivity index (χ2v) is 7.34. The number of hydrogen-bond donors (Lipinski definition) is 6. The molecule has 0 aromatic carbocycles. The normalized spacial score (nSPS) is 12.4. The number of unbranched alkanes of at least 4 members (excludes halogenated alkanes) is 1. The van der Waals surface area contributed by atoms with Gasteiger partial charge in [0.25, 0.3) is 0 Å². The number of nitrogens with one attached hydrogen (secondary N) is 3. The van der Waals surface area contributed by atoms with E-state index >= 15 is 0 Å². The molecule has 6 N–H and O–H groups in total. The van der Waals surface area contributed by atoms with Crippen LogP contribution in [0.1, 0.15) is 44.2 Å². The topological polar surface area (TPSA) is 213 Å². The van der Waals surface area contributed by atoms with Gasteiger partial charge in [0.05, 0.1) is 12.2 Å². The third kappa shape index (κ3) is 11.7. The average molecular weight is 487 g/mol. The minimum absolute atomic E-state index is 0.0309. The SMILES string of the molecule is O=C(O)CCC(NC(=O)NC(CCCCNC(=O)CCc1cn(CC[18F])nn1)C(=O)O)C(=O)O. The molecule has 0 bridgehead atoms. The number of halogens is 1. The van der Waals surface area contributed by atoms with Gasteiger partial charge in [0.1, 0.15) is 18.8 Å². The average Bonchev–Trinajstić information content (AvgIpc) is 3.21. The Labute approximate surface area is 193 Å². The lowest BCUT2D eigenvalue weighted by atomic mass is 10.1. The highest BCUT2D eigenvalue weighted by Crippen LogP contribution is 2.03. The van der Waals surface area contributed by atoms with E-state index in [1.807, 2.05) is 5.32 Å². The summed E-state index contributed by atoms with van der Waals surface area (Å²) >= 11 is 0. The van der Waals surface area contributed by atoms with E-state index in [0.717, 1.165) is 0 Å². The van der Waals surface area contributed by atoms with Crippen LogP contribution in [-0.4, -0.2) is 85.5 Å². The van der Waals surface area contributed by atoms with Crippen LogP contribution in [0.15, 0.2) is 6.20 Å². The standard InChI is InChI=1S/C19H29FN6O8/c20-8-10-26-11-12(24-25-26)4-6-15(27)21-9-2-1-3-13(17(30)31)22-19(34)23-14(18(32)33)5-7-16(28)29/h11,13-14H,1-10H2,(H,21,27)(H,28,29)(H,30,31)(H,32,33)(H2,22,23,34)/i20-1. The highest BCUT2D eigenvalue weighted by atomic mass is 18.2. The minimum atomic E-state index is -1.48. The molecule has 2 unspecified atom stereocenters. The molecular weight excluding hydrogens is 458 g/mol. The van der Waals surface area contributed by atoms with E-state index < -0.39 is 49.1 Å². The summed E-state index contributed by atoms with van der Waals surface area (Å²) in [6.45, 7) is -0.192. The molecule has 14 nitrogen and oxygen atoms in total. The van der Waals surface area contributed by atoms with Crippen molar-refractivity contribution >= 4 is 29.8 Å². The van der Waals surface area contributed by atoms with Crippen molar-refractivity contribution in [2.75, 3.05) is 13.2 Å². The molecule has 3 amide bonds. The minimum Gasteiger partial charge on any atom is -0.481 e. The molecule has 2 atom stereocenters. The number of aryl methyl sites for hydroxylation is 2. The summed E-state index contributed by atoms with van der Waals surface area (Å²) < 4.78 is 13.6. The number of carbonyl (C=O) groups is 5. The Balaban J connectivity index is 2.31. The van der Waals surface area contributed by atoms with Gasteiger partial charge in [0.15, 0.2) is 0 Å². The van der Waals surface area contributed by atoms with Crippen LogP contribution < -0.4 is 16.0 Å². The first-order valence-electron chi connectivity index (χ1n) is 10.6. The molecule has 0 saturated heterocycles. The van der Waals surface area contributed by atoms with Crippen LogP contribution >= 0.6 is 0 Å². The Kier molecular flexibility index (Phi) is 12.6. The maximum absolute atomic E-state index is 12.2. The number of nitrogens with zero attached hydrogens (tertiary/aromatic N) is 3. The summed E-state index contributed by atoms with van der Waals surface area (Å²) in [6.07, 6.45) is 2.02. The highest BCUT2D eigenvalue weighted by molar-refractivity contribution is 5.86. The molecule has 15 heteroatoms. The molecule has 1 aromatic rings. The number of urea groups is 1. The van der Waals surface area contributed by atoms with Crippen molar-refractivity contribution in [2.24, 2.45) is 0 Å². The zero-order valence-electron chi connectivity index (χ0n) is 18.4. The van der Waals surface area contributed by atoms with Gasteiger partial charge >= 0.3 is 23.9 Å². The number of hydrogen-bond acceptors (Lipinski definition) is 7. The maximum Gasteiger partial charge on any atom is 0.326 e. The van der Waals surface area contributed by atoms with E-state index in [0.29, 0.717) is 25.0 Å². The Morgan fingerprint density at radius 3 is 2.21 bits per heavy atom. The van der Waals surface area contributed by atoms with Gasteiger partial charge in [-0.25, -0.2) is 23.5 Å². The van der Waals surface area contributed by atoms with Gasteiger partial charge in [-0.05, 0) is 25.7 Å². The number of aromatic nitrogens is 3. The van der Waals surface area contributed by atoms with Crippen molar-refractivity contribution in [2.45, 2.75) is 63.6 Å². The maximum atomic E-state index is 12.2. The Bertz CT molecular complexity index is 849. The summed E-state index contributed by atoms with van der Waals surface area (Å²) in [4.78, 5) is 56.9. The largest absolute Gasteiger partial charge is 0.481 e. The summed E-state index contributed by atoms with van der Waals surface area (Å²) in [6, 6.07) is -3.81. The van der Waals surface area contributed by atoms with Gasteiger partial charge in [-0.15, -0.1) is 5.10 Å². The molecule has 0 aliphatic rings. The molecule has 1 rings (SSSR count). The molecule has 0 saturated carbocycles. The highest BCUT2D eigenvalue weighted by Gasteiger charge is 2.24. The number of carboxylic acids is 3. The number of carboxylic acid groups (broad SMARTS) is 3. The van der Waals surface area contributed by atoms with Crippen LogP contribution in [0.2, 0.25) is 0 Å². The van der Waals surface area contributed by atoms with E-state index in [-0.39, 0.29) is 38.3 Å². The number of rotatable bonds is 17. The third-order valence-corrected chi connectivity index (χ3v) is 4.60. The van der Waals surface area contributed by atoms with Gasteiger partial charge < -0.3 is 31.3 Å². The first-order chi connectivity index (χ1) is 16.1. The van der Waals surface area contributed by atoms with E-state index in [2.05, 4.69) is 20.9 Å². The molecular formula is C19H29FN6O8. The molecule has 0 aliphatic carbocycles. The monoisotopic (exact) mass is 487 g/mol. The zero-order valence-corrected chi connectivity index (χ0v) is 18.4. The summed E-state index contributed by atoms with van der Waals surface area (Å²) in [5.74, 6) is -4.24. The lowest BCUT2D eigenvalue weighted by Crippen LogP contribution is -2.51. The van der Waals surface area contributed by atoms with Gasteiger partial charge in [-0.2, -0.15) is 0 Å². The number of aliphatic carboxylic acids is 3. The summed E-state index contributed by atoms with van der Waals surface area (Å²) in [7, 11) is 0. The lowest BCUT2D eigenvalue weighted by Gasteiger charge is -2.18. The molecule has 1 aromatic heterocycles. The van der Waals surface area contributed by atoms with Crippen molar-refractivity contribution < 1.29 is 43.7 Å². The van der Waals surface area contributed by atoms with Crippen LogP contribution in [0, 0.1) is 0 Å². The number of carbonyl (C=O) groups excluding carboxylic acids is 2. The molecule has 0 radical (unpaired) electrons. The van der Waals surface area contributed by atoms with E-state index in [4.69, 9.17) is 10.2 Å². The van der Waals surface area contributed by atoms with Gasteiger partial charge in [0, 0.05) is 32.0 Å². The predicted molar refractivity (Wildman–Crippen MR) is 113 cm³/mol. The molecule has 1 heterocycles. The summed E-state index contributed by atoms with van der Waals surface area (Å²) in [5, 5.41) is 41.4. The van der Waals surface area contributed by atoms with Crippen LogP contribution in [0.5, 0.6) is 0 Å². The Morgan fingerprint density at radius 1 is 0.971 bits per heavy atom. The first kappa shape index (κ1) is 28.3. The predicted octanol–water partition coefficient (Wildman–Crippen LogP) is -0.463. The molecule has 34 heavy (non-hydrogen) atoms. The van der Waals surface area contributed by atoms with E-state index in [1.165, 1.54) is 4.68 Å². The van der Waals surface area contributed by atoms with Crippen LogP contribution in [0.4, 0.5) is 9.18 Å². The number of amides is 3. The van der Waals surface area contributed by atoms with E-state index in [9.17, 15) is 33.5 Å². The zero-order chi connectivity index (χ0) is 25.5. The van der Waals surface area contributed by atoms with Crippen molar-refractivity contribution in [1.82, 2.24) is 30.9 Å². The quantitative estimate of drug-likeness (QED) is 0.155. The smallest absolute Gasteiger partial charge is 0.326 e. The fourth-order valence-corrected chi connectivity index (χ4v) is 2.82. The van der Waals surface area contributed by atoms with Crippen LogP contribution in [-0.2, 0) is 32.1 Å². The fourth-order valence-electron chi connectivity index (χ4n) is 2.82. The summed E-state index contributed by atoms with van der Waals surface area (Å²) in [5.41, 5.74) is 0.561. The van der Waals surface area contributed by atoms with Crippen LogP contribution in [0.3, 0.4) is 0 Å². The second kappa shape index (κ2) is 15.1. The Hall–Kier alpha value is -3.78. The molecule has 190 valence electrons. The fraction of sp³-hybridized carbons (Fsp3) is 0.632. The lowest BCUT2D eigenvalue weighted by molar-refractivity contribution is -0.140. The molecule has 0 spiro atoms. The van der Waals surface area contributed by atoms with Gasteiger partial charge in [0.2, 0.25) is 5.91 Å².